The van der Waals surface area contributed by atoms with Crippen LogP contribution < -0.4 is 5.32 Å². The van der Waals surface area contributed by atoms with Crippen LogP contribution in [0.1, 0.15) is 45.4 Å². The van der Waals surface area contributed by atoms with Crippen LogP contribution in [-0.2, 0) is 14.8 Å². The molecule has 32 heavy (non-hydrogen) atoms. The number of hydrogen-bond donors (Lipinski definition) is 1. The molecule has 0 unspecified atom stereocenters. The zero-order valence-corrected chi connectivity index (χ0v) is 20.0. The number of halogens is 2. The number of hydrogen-bond acceptors (Lipinski definition) is 4. The van der Waals surface area contributed by atoms with E-state index in [1.165, 1.54) is 29.6 Å². The number of rotatable bonds is 5. The van der Waals surface area contributed by atoms with E-state index in [9.17, 15) is 17.6 Å². The van der Waals surface area contributed by atoms with Gasteiger partial charge in [0.2, 0.25) is 15.9 Å². The zero-order valence-electron chi connectivity index (χ0n) is 18.4. The van der Waals surface area contributed by atoms with Crippen molar-refractivity contribution in [1.82, 2.24) is 14.5 Å². The van der Waals surface area contributed by atoms with Crippen molar-refractivity contribution in [2.75, 3.05) is 26.2 Å². The van der Waals surface area contributed by atoms with Gasteiger partial charge in [-0.25, -0.2) is 12.8 Å². The summed E-state index contributed by atoms with van der Waals surface area (Å²) < 4.78 is 40.7. The number of sulfonamides is 1. The molecule has 9 heteroatoms. The Balaban J connectivity index is 1.19. The second-order valence-corrected chi connectivity index (χ2v) is 12.7. The summed E-state index contributed by atoms with van der Waals surface area (Å²) in [6.07, 6.45) is 7.35. The van der Waals surface area contributed by atoms with Gasteiger partial charge in [-0.3, -0.25) is 9.69 Å². The highest BCUT2D eigenvalue weighted by Gasteiger charge is 2.52. The molecular weight excluding hydrogens is 453 g/mol. The molecule has 4 bridgehead atoms. The summed E-state index contributed by atoms with van der Waals surface area (Å²) in [7, 11) is -3.75. The summed E-state index contributed by atoms with van der Waals surface area (Å²) in [5, 5.41) is 3.23. The molecule has 6 nitrogen and oxygen atoms in total. The SMILES string of the molecule is C[C@H](C(=O)NC12CC3CC(CC(C3)C1)C2)N1CCN(S(=O)(=O)c2ccc(F)c(Cl)c2)CC1. The molecule has 1 aromatic carbocycles. The third kappa shape index (κ3) is 4.08. The van der Waals surface area contributed by atoms with Crippen LogP contribution in [0.15, 0.2) is 23.1 Å². The van der Waals surface area contributed by atoms with Crippen molar-refractivity contribution < 1.29 is 17.6 Å². The lowest BCUT2D eigenvalue weighted by Crippen LogP contribution is -2.63. The minimum Gasteiger partial charge on any atom is -0.349 e. The summed E-state index contributed by atoms with van der Waals surface area (Å²) in [5.74, 6) is 1.73. The predicted molar refractivity (Wildman–Crippen MR) is 120 cm³/mol. The molecule has 1 aliphatic heterocycles. The fourth-order valence-electron chi connectivity index (χ4n) is 6.91. The van der Waals surface area contributed by atoms with Crippen molar-refractivity contribution >= 4 is 27.5 Å². The normalized spacial score (nSPS) is 33.9. The molecule has 1 N–H and O–H groups in total. The smallest absolute Gasteiger partial charge is 0.243 e. The minimum atomic E-state index is -3.75. The molecule has 4 aliphatic carbocycles. The first kappa shape index (κ1) is 22.6. The first-order valence-corrected chi connectivity index (χ1v) is 13.5. The van der Waals surface area contributed by atoms with Crippen molar-refractivity contribution in [3.63, 3.8) is 0 Å². The van der Waals surface area contributed by atoms with Crippen molar-refractivity contribution in [2.24, 2.45) is 17.8 Å². The quantitative estimate of drug-likeness (QED) is 0.698. The molecule has 4 saturated carbocycles. The Kier molecular flexibility index (Phi) is 5.80. The summed E-state index contributed by atoms with van der Waals surface area (Å²) in [6, 6.07) is 3.17. The number of benzene rings is 1. The maximum atomic E-state index is 13.4. The van der Waals surface area contributed by atoms with E-state index < -0.39 is 15.8 Å². The summed E-state index contributed by atoms with van der Waals surface area (Å²) in [6.45, 7) is 3.44. The van der Waals surface area contributed by atoms with Gasteiger partial charge in [0.25, 0.3) is 0 Å². The Morgan fingerprint density at radius 1 is 1.09 bits per heavy atom. The lowest BCUT2D eigenvalue weighted by molar-refractivity contribution is -0.132. The molecule has 176 valence electrons. The molecule has 5 fully saturated rings. The van der Waals surface area contributed by atoms with Crippen LogP contribution in [0.2, 0.25) is 5.02 Å². The van der Waals surface area contributed by atoms with Gasteiger partial charge in [0, 0.05) is 31.7 Å². The number of nitrogens with zero attached hydrogens (tertiary/aromatic N) is 2. The van der Waals surface area contributed by atoms with E-state index >= 15 is 0 Å². The van der Waals surface area contributed by atoms with Gasteiger partial charge in [-0.2, -0.15) is 4.31 Å². The van der Waals surface area contributed by atoms with E-state index in [1.807, 2.05) is 6.92 Å². The summed E-state index contributed by atoms with van der Waals surface area (Å²) >= 11 is 5.78. The molecule has 5 aliphatic rings. The van der Waals surface area contributed by atoms with Gasteiger partial charge in [0.05, 0.1) is 16.0 Å². The third-order valence-electron chi connectivity index (χ3n) is 8.16. The van der Waals surface area contributed by atoms with Gasteiger partial charge in [-0.1, -0.05) is 11.6 Å². The van der Waals surface area contributed by atoms with E-state index in [1.54, 1.807) is 0 Å². The summed E-state index contributed by atoms with van der Waals surface area (Å²) in [5.41, 5.74) is -0.0207. The van der Waals surface area contributed by atoms with Gasteiger partial charge in [0.15, 0.2) is 0 Å². The Bertz CT molecular complexity index is 974. The average molecular weight is 484 g/mol. The Morgan fingerprint density at radius 2 is 1.66 bits per heavy atom. The number of carbonyl (C=O) groups is 1. The number of amides is 1. The van der Waals surface area contributed by atoms with E-state index in [0.29, 0.717) is 13.1 Å². The fourth-order valence-corrected chi connectivity index (χ4v) is 8.61. The Morgan fingerprint density at radius 3 is 2.19 bits per heavy atom. The molecule has 1 aromatic rings. The van der Waals surface area contributed by atoms with E-state index in [-0.39, 0.29) is 40.5 Å². The molecule has 1 saturated heterocycles. The monoisotopic (exact) mass is 483 g/mol. The summed E-state index contributed by atoms with van der Waals surface area (Å²) in [4.78, 5) is 15.2. The second-order valence-electron chi connectivity index (χ2n) is 10.4. The van der Waals surface area contributed by atoms with Gasteiger partial charge in [-0.05, 0) is 81.4 Å². The number of nitrogens with one attached hydrogen (secondary N) is 1. The lowest BCUT2D eigenvalue weighted by atomic mass is 9.53. The molecule has 1 atom stereocenters. The lowest BCUT2D eigenvalue weighted by Gasteiger charge is -2.57. The minimum absolute atomic E-state index is 0.00930. The van der Waals surface area contributed by atoms with E-state index in [2.05, 4.69) is 10.2 Å². The topological polar surface area (TPSA) is 69.7 Å². The van der Waals surface area contributed by atoms with E-state index in [4.69, 9.17) is 11.6 Å². The highest BCUT2D eigenvalue weighted by molar-refractivity contribution is 7.89. The third-order valence-corrected chi connectivity index (χ3v) is 10.3. The van der Waals surface area contributed by atoms with Crippen molar-refractivity contribution in [3.8, 4) is 0 Å². The number of piperazine rings is 1. The van der Waals surface area contributed by atoms with Crippen molar-refractivity contribution in [3.05, 3.63) is 29.0 Å². The standard InChI is InChI=1S/C23H31ClFN3O3S/c1-15(22(29)26-23-12-16-8-17(13-23)10-18(9-16)14-23)27-4-6-28(7-5-27)32(30,31)19-2-3-21(25)20(24)11-19/h2-3,11,15-18H,4-10,12-14H2,1H3,(H,26,29)/t15-,16?,17?,18?,23?/m1/s1. The largest absolute Gasteiger partial charge is 0.349 e. The maximum Gasteiger partial charge on any atom is 0.243 e. The highest BCUT2D eigenvalue weighted by Crippen LogP contribution is 2.55. The fraction of sp³-hybridized carbons (Fsp3) is 0.696. The highest BCUT2D eigenvalue weighted by atomic mass is 35.5. The van der Waals surface area contributed by atoms with Crippen LogP contribution in [0, 0.1) is 23.6 Å². The average Bonchev–Trinajstić information content (AvgIpc) is 2.74. The van der Waals surface area contributed by atoms with Gasteiger partial charge < -0.3 is 5.32 Å². The molecule has 1 heterocycles. The van der Waals surface area contributed by atoms with Crippen LogP contribution in [0.4, 0.5) is 4.39 Å². The van der Waals surface area contributed by atoms with Gasteiger partial charge >= 0.3 is 0 Å². The van der Waals surface area contributed by atoms with E-state index in [0.717, 1.165) is 49.1 Å². The predicted octanol–water partition coefficient (Wildman–Crippen LogP) is 3.26. The first-order chi connectivity index (χ1) is 15.1. The van der Waals surface area contributed by atoms with Gasteiger partial charge in [-0.15, -0.1) is 0 Å². The van der Waals surface area contributed by atoms with Crippen molar-refractivity contribution in [2.45, 2.75) is 61.9 Å². The molecule has 6 rings (SSSR count). The van der Waals surface area contributed by atoms with Crippen LogP contribution in [-0.4, -0.2) is 61.3 Å². The molecule has 1 amide bonds. The maximum absolute atomic E-state index is 13.4. The Hall–Kier alpha value is -1.22. The second kappa shape index (κ2) is 8.22. The molecule has 0 aromatic heterocycles. The van der Waals surface area contributed by atoms with Crippen LogP contribution in [0.25, 0.3) is 0 Å². The molecular formula is C23H31ClFN3O3S. The van der Waals surface area contributed by atoms with Crippen LogP contribution >= 0.6 is 11.6 Å². The van der Waals surface area contributed by atoms with Gasteiger partial charge in [0.1, 0.15) is 5.82 Å². The Labute approximate surface area is 194 Å². The van der Waals surface area contributed by atoms with Crippen LogP contribution in [0.3, 0.4) is 0 Å². The number of carbonyl (C=O) groups excluding carboxylic acids is 1. The van der Waals surface area contributed by atoms with Crippen LogP contribution in [0.5, 0.6) is 0 Å². The van der Waals surface area contributed by atoms with Crippen molar-refractivity contribution in [1.29, 1.82) is 0 Å². The molecule has 0 spiro atoms. The first-order valence-electron chi connectivity index (χ1n) is 11.7. The zero-order chi connectivity index (χ0) is 22.7. The molecule has 0 radical (unpaired) electrons.